The Morgan fingerprint density at radius 3 is 2.37 bits per heavy atom. The summed E-state index contributed by atoms with van der Waals surface area (Å²) in [7, 11) is 0. The van der Waals surface area contributed by atoms with E-state index in [9.17, 15) is 5.11 Å². The number of likely N-dealkylation sites (tertiary alicyclic amines) is 1. The van der Waals surface area contributed by atoms with Gasteiger partial charge in [-0.25, -0.2) is 0 Å². The summed E-state index contributed by atoms with van der Waals surface area (Å²) in [5.74, 6) is 0. The van der Waals surface area contributed by atoms with Gasteiger partial charge in [0.2, 0.25) is 0 Å². The molecule has 0 saturated carbocycles. The SMILES string of the molecule is CSc1ccc(CN2CCN(C3CCN(C(C)C)CC3)[C@@H](CCO)C2)cc1. The molecule has 0 unspecified atom stereocenters. The van der Waals surface area contributed by atoms with Crippen LogP contribution < -0.4 is 0 Å². The molecule has 1 aromatic carbocycles. The van der Waals surface area contributed by atoms with Crippen LogP contribution in [0.15, 0.2) is 29.2 Å². The molecule has 2 aliphatic heterocycles. The molecule has 0 amide bonds. The summed E-state index contributed by atoms with van der Waals surface area (Å²) < 4.78 is 0. The Labute approximate surface area is 169 Å². The monoisotopic (exact) mass is 391 g/mol. The Morgan fingerprint density at radius 2 is 1.78 bits per heavy atom. The van der Waals surface area contributed by atoms with Crippen molar-refractivity contribution in [2.75, 3.05) is 45.6 Å². The Kier molecular flexibility index (Phi) is 8.03. The Morgan fingerprint density at radius 1 is 1.07 bits per heavy atom. The zero-order valence-electron chi connectivity index (χ0n) is 17.3. The second-order valence-corrected chi connectivity index (χ2v) is 9.23. The van der Waals surface area contributed by atoms with Crippen LogP contribution in [0.2, 0.25) is 0 Å². The highest BCUT2D eigenvalue weighted by Crippen LogP contribution is 2.25. The fraction of sp³-hybridized carbons (Fsp3) is 0.727. The number of piperazine rings is 1. The summed E-state index contributed by atoms with van der Waals surface area (Å²) in [5.41, 5.74) is 1.40. The van der Waals surface area contributed by atoms with Crippen LogP contribution in [0.4, 0.5) is 0 Å². The van der Waals surface area contributed by atoms with Crippen molar-refractivity contribution in [3.05, 3.63) is 29.8 Å². The summed E-state index contributed by atoms with van der Waals surface area (Å²) in [5, 5.41) is 9.63. The molecule has 5 heteroatoms. The molecular weight excluding hydrogens is 354 g/mol. The van der Waals surface area contributed by atoms with Crippen LogP contribution in [0.25, 0.3) is 0 Å². The van der Waals surface area contributed by atoms with Gasteiger partial charge in [-0.05, 0) is 70.2 Å². The van der Waals surface area contributed by atoms with Crippen LogP contribution >= 0.6 is 11.8 Å². The lowest BCUT2D eigenvalue weighted by Crippen LogP contribution is -2.58. The Hall–Kier alpha value is -0.590. The molecule has 2 heterocycles. The zero-order valence-corrected chi connectivity index (χ0v) is 18.1. The molecule has 4 nitrogen and oxygen atoms in total. The zero-order chi connectivity index (χ0) is 19.2. The van der Waals surface area contributed by atoms with E-state index in [1.54, 1.807) is 11.8 Å². The van der Waals surface area contributed by atoms with Crippen molar-refractivity contribution in [3.63, 3.8) is 0 Å². The first-order valence-corrected chi connectivity index (χ1v) is 11.8. The summed E-state index contributed by atoms with van der Waals surface area (Å²) in [6.45, 7) is 11.7. The number of nitrogens with zero attached hydrogens (tertiary/aromatic N) is 3. The topological polar surface area (TPSA) is 30.0 Å². The number of piperidine rings is 1. The Bertz CT molecular complexity index is 557. The van der Waals surface area contributed by atoms with Gasteiger partial charge in [-0.2, -0.15) is 0 Å². The minimum Gasteiger partial charge on any atom is -0.396 e. The lowest BCUT2D eigenvalue weighted by Gasteiger charge is -2.48. The second-order valence-electron chi connectivity index (χ2n) is 8.35. The molecule has 0 spiro atoms. The van der Waals surface area contributed by atoms with Crippen LogP contribution in [0, 0.1) is 0 Å². The van der Waals surface area contributed by atoms with Crippen LogP contribution in [-0.4, -0.2) is 83.5 Å². The van der Waals surface area contributed by atoms with Crippen molar-refractivity contribution < 1.29 is 5.11 Å². The fourth-order valence-corrected chi connectivity index (χ4v) is 5.10. The highest BCUT2D eigenvalue weighted by Gasteiger charge is 2.33. The molecule has 2 saturated heterocycles. The maximum atomic E-state index is 9.63. The average Bonchev–Trinajstić information content (AvgIpc) is 2.69. The van der Waals surface area contributed by atoms with E-state index in [2.05, 4.69) is 59.1 Å². The standard InChI is InChI=1S/C22H37N3OS/c1-18(2)24-11-8-20(9-12-24)25-14-13-23(17-21(25)10-15-26)16-19-4-6-22(27-3)7-5-19/h4-7,18,20-21,26H,8-17H2,1-3H3/t21-/m0/s1. The summed E-state index contributed by atoms with van der Waals surface area (Å²) >= 11 is 1.80. The largest absolute Gasteiger partial charge is 0.396 e. The number of aliphatic hydroxyl groups is 1. The molecule has 1 N–H and O–H groups in total. The van der Waals surface area contributed by atoms with E-state index in [-0.39, 0.29) is 0 Å². The lowest BCUT2D eigenvalue weighted by molar-refractivity contribution is -0.0000320. The number of benzene rings is 1. The molecule has 1 atom stereocenters. The third-order valence-electron chi connectivity index (χ3n) is 6.34. The normalized spacial score (nSPS) is 24.0. The smallest absolute Gasteiger partial charge is 0.0446 e. The molecular formula is C22H37N3OS. The van der Waals surface area contributed by atoms with Gasteiger partial charge < -0.3 is 10.0 Å². The quantitative estimate of drug-likeness (QED) is 0.722. The van der Waals surface area contributed by atoms with Gasteiger partial charge in [0.25, 0.3) is 0 Å². The number of thioether (sulfide) groups is 1. The maximum Gasteiger partial charge on any atom is 0.0446 e. The van der Waals surface area contributed by atoms with Crippen molar-refractivity contribution in [2.24, 2.45) is 0 Å². The predicted molar refractivity (Wildman–Crippen MR) is 115 cm³/mol. The Balaban J connectivity index is 1.56. The molecule has 152 valence electrons. The number of hydrogen-bond acceptors (Lipinski definition) is 5. The third-order valence-corrected chi connectivity index (χ3v) is 7.08. The summed E-state index contributed by atoms with van der Waals surface area (Å²) in [4.78, 5) is 9.23. The molecule has 0 bridgehead atoms. The van der Waals surface area contributed by atoms with Crippen LogP contribution in [-0.2, 0) is 6.54 Å². The first-order valence-electron chi connectivity index (χ1n) is 10.6. The number of hydrogen-bond donors (Lipinski definition) is 1. The first-order chi connectivity index (χ1) is 13.1. The summed E-state index contributed by atoms with van der Waals surface area (Å²) in [6.07, 6.45) is 5.57. The van der Waals surface area contributed by atoms with Gasteiger partial charge in [-0.1, -0.05) is 12.1 Å². The molecule has 2 aliphatic rings. The highest BCUT2D eigenvalue weighted by atomic mass is 32.2. The maximum absolute atomic E-state index is 9.63. The van der Waals surface area contributed by atoms with E-state index in [4.69, 9.17) is 0 Å². The van der Waals surface area contributed by atoms with Crippen molar-refractivity contribution in [1.29, 1.82) is 0 Å². The highest BCUT2D eigenvalue weighted by molar-refractivity contribution is 7.98. The van der Waals surface area contributed by atoms with E-state index in [0.29, 0.717) is 24.7 Å². The van der Waals surface area contributed by atoms with Gasteiger partial charge in [0.1, 0.15) is 0 Å². The van der Waals surface area contributed by atoms with E-state index >= 15 is 0 Å². The lowest BCUT2D eigenvalue weighted by atomic mass is 9.97. The van der Waals surface area contributed by atoms with Crippen LogP contribution in [0.5, 0.6) is 0 Å². The third kappa shape index (κ3) is 5.70. The number of rotatable bonds is 7. The fourth-order valence-electron chi connectivity index (χ4n) is 4.69. The van der Waals surface area contributed by atoms with Crippen LogP contribution in [0.3, 0.4) is 0 Å². The first kappa shape index (κ1) is 21.1. The van der Waals surface area contributed by atoms with E-state index in [0.717, 1.165) is 32.6 Å². The molecule has 0 radical (unpaired) electrons. The molecule has 3 rings (SSSR count). The average molecular weight is 392 g/mol. The van der Waals surface area contributed by atoms with E-state index < -0.39 is 0 Å². The van der Waals surface area contributed by atoms with Gasteiger partial charge in [0, 0.05) is 55.8 Å². The minimum absolute atomic E-state index is 0.294. The molecule has 0 aromatic heterocycles. The van der Waals surface area contributed by atoms with Crippen molar-refractivity contribution >= 4 is 11.8 Å². The predicted octanol–water partition coefficient (Wildman–Crippen LogP) is 3.15. The van der Waals surface area contributed by atoms with Crippen LogP contribution in [0.1, 0.15) is 38.7 Å². The van der Waals surface area contributed by atoms with Crippen molar-refractivity contribution in [1.82, 2.24) is 14.7 Å². The molecule has 27 heavy (non-hydrogen) atoms. The van der Waals surface area contributed by atoms with E-state index in [1.165, 1.54) is 36.4 Å². The van der Waals surface area contributed by atoms with Crippen molar-refractivity contribution in [2.45, 2.75) is 62.7 Å². The summed E-state index contributed by atoms with van der Waals surface area (Å²) in [6, 6.07) is 10.8. The molecule has 2 fully saturated rings. The van der Waals surface area contributed by atoms with Gasteiger partial charge in [0.15, 0.2) is 0 Å². The minimum atomic E-state index is 0.294. The van der Waals surface area contributed by atoms with E-state index in [1.807, 2.05) is 0 Å². The second kappa shape index (κ2) is 10.3. The molecule has 1 aromatic rings. The van der Waals surface area contributed by atoms with Gasteiger partial charge in [-0.3, -0.25) is 9.80 Å². The van der Waals surface area contributed by atoms with Crippen molar-refractivity contribution in [3.8, 4) is 0 Å². The molecule has 0 aliphatic carbocycles. The number of aliphatic hydroxyl groups excluding tert-OH is 1. The van der Waals surface area contributed by atoms with Gasteiger partial charge >= 0.3 is 0 Å². The van der Waals surface area contributed by atoms with Gasteiger partial charge in [0.05, 0.1) is 0 Å². The van der Waals surface area contributed by atoms with Gasteiger partial charge in [-0.15, -0.1) is 11.8 Å².